The van der Waals surface area contributed by atoms with Gasteiger partial charge >= 0.3 is 6.03 Å². The van der Waals surface area contributed by atoms with Crippen molar-refractivity contribution in [1.29, 1.82) is 0 Å². The second-order valence-electron chi connectivity index (χ2n) is 10.9. The number of rotatable bonds is 5. The molecule has 2 saturated heterocycles. The number of imide groups is 1. The quantitative estimate of drug-likeness (QED) is 0.710. The largest absolute Gasteiger partial charge is 0.454 e. The molecule has 1 saturated carbocycles. The van der Waals surface area contributed by atoms with Crippen LogP contribution in [-0.2, 0) is 16.1 Å². The van der Waals surface area contributed by atoms with E-state index >= 15 is 0 Å². The maximum atomic E-state index is 13.0. The lowest BCUT2D eigenvalue weighted by Gasteiger charge is -2.39. The Bertz CT molecular complexity index is 976. The monoisotopic (exact) mass is 441 g/mol. The minimum atomic E-state index is -0.658. The molecular weight excluding hydrogens is 410 g/mol. The number of nitrogens with one attached hydrogen (secondary N) is 1. The fourth-order valence-electron chi connectivity index (χ4n) is 6.31. The molecular formula is C24H31N3O5. The molecule has 4 amide bonds. The molecule has 2 bridgehead atoms. The number of likely N-dealkylation sites (tertiary alicyclic amines) is 1. The number of nitrogens with zero attached hydrogens (tertiary/aromatic N) is 2. The van der Waals surface area contributed by atoms with Crippen molar-refractivity contribution in [3.05, 3.63) is 23.8 Å². The molecule has 0 spiro atoms. The first-order valence-electron chi connectivity index (χ1n) is 11.4. The second kappa shape index (κ2) is 7.39. The molecule has 172 valence electrons. The minimum absolute atomic E-state index is 0.0905. The van der Waals surface area contributed by atoms with E-state index in [2.05, 4.69) is 26.1 Å². The summed E-state index contributed by atoms with van der Waals surface area (Å²) in [6, 6.07) is 4.59. The van der Waals surface area contributed by atoms with Gasteiger partial charge in [0.2, 0.25) is 12.7 Å². The summed E-state index contributed by atoms with van der Waals surface area (Å²) in [6.45, 7) is 7.98. The zero-order chi connectivity index (χ0) is 22.7. The van der Waals surface area contributed by atoms with E-state index in [1.165, 1.54) is 4.90 Å². The summed E-state index contributed by atoms with van der Waals surface area (Å²) in [5.41, 5.74) is 1.22. The number of urea groups is 1. The van der Waals surface area contributed by atoms with Gasteiger partial charge in [0.25, 0.3) is 5.91 Å². The Balaban J connectivity index is 1.18. The van der Waals surface area contributed by atoms with Gasteiger partial charge in [0, 0.05) is 19.0 Å². The molecule has 8 nitrogen and oxygen atoms in total. The number of carbonyl (C=O) groups is 3. The highest BCUT2D eigenvalue weighted by Crippen LogP contribution is 2.52. The van der Waals surface area contributed by atoms with Crippen molar-refractivity contribution in [3.63, 3.8) is 0 Å². The Labute approximate surface area is 188 Å². The van der Waals surface area contributed by atoms with E-state index in [-0.39, 0.29) is 48.4 Å². The van der Waals surface area contributed by atoms with E-state index in [1.54, 1.807) is 12.1 Å². The lowest BCUT2D eigenvalue weighted by Crippen LogP contribution is -2.39. The van der Waals surface area contributed by atoms with Crippen molar-refractivity contribution in [2.75, 3.05) is 13.3 Å². The molecule has 3 fully saturated rings. The Morgan fingerprint density at radius 1 is 1.16 bits per heavy atom. The molecule has 3 atom stereocenters. The van der Waals surface area contributed by atoms with Gasteiger partial charge in [-0.3, -0.25) is 14.5 Å². The first-order chi connectivity index (χ1) is 15.1. The van der Waals surface area contributed by atoms with Crippen LogP contribution < -0.4 is 14.8 Å². The molecule has 4 aliphatic rings. The van der Waals surface area contributed by atoms with Crippen molar-refractivity contribution in [3.8, 4) is 11.5 Å². The zero-order valence-electron chi connectivity index (χ0n) is 19.0. The highest BCUT2D eigenvalue weighted by atomic mass is 16.7. The minimum Gasteiger partial charge on any atom is -0.454 e. The predicted octanol–water partition coefficient (Wildman–Crippen LogP) is 3.04. The van der Waals surface area contributed by atoms with Crippen LogP contribution in [0.1, 0.15) is 58.4 Å². The fraction of sp³-hybridized carbons (Fsp3) is 0.625. The average molecular weight is 442 g/mol. The van der Waals surface area contributed by atoms with Crippen molar-refractivity contribution in [2.24, 2.45) is 10.8 Å². The molecule has 1 aromatic rings. The van der Waals surface area contributed by atoms with Crippen LogP contribution in [0.5, 0.6) is 11.5 Å². The smallest absolute Gasteiger partial charge is 0.325 e. The molecule has 8 heteroatoms. The van der Waals surface area contributed by atoms with Crippen LogP contribution in [0.15, 0.2) is 18.2 Å². The van der Waals surface area contributed by atoms with Crippen LogP contribution in [0, 0.1) is 10.8 Å². The Morgan fingerprint density at radius 3 is 2.75 bits per heavy atom. The summed E-state index contributed by atoms with van der Waals surface area (Å²) in [4.78, 5) is 41.6. The molecule has 0 unspecified atom stereocenters. The van der Waals surface area contributed by atoms with E-state index in [9.17, 15) is 14.4 Å². The van der Waals surface area contributed by atoms with Crippen LogP contribution in [0.25, 0.3) is 0 Å². The van der Waals surface area contributed by atoms with Crippen molar-refractivity contribution in [2.45, 2.75) is 71.5 Å². The van der Waals surface area contributed by atoms with E-state index in [4.69, 9.17) is 9.47 Å². The summed E-state index contributed by atoms with van der Waals surface area (Å²) < 4.78 is 10.7. The molecule has 5 rings (SSSR count). The number of hydrogen-bond acceptors (Lipinski definition) is 5. The van der Waals surface area contributed by atoms with E-state index < -0.39 is 12.1 Å². The van der Waals surface area contributed by atoms with Crippen molar-refractivity contribution < 1.29 is 23.9 Å². The van der Waals surface area contributed by atoms with Crippen LogP contribution in [0.3, 0.4) is 0 Å². The molecule has 32 heavy (non-hydrogen) atoms. The van der Waals surface area contributed by atoms with Gasteiger partial charge in [0.1, 0.15) is 6.04 Å². The lowest BCUT2D eigenvalue weighted by atomic mass is 9.65. The zero-order valence-corrected chi connectivity index (χ0v) is 19.0. The van der Waals surface area contributed by atoms with Crippen LogP contribution in [0.4, 0.5) is 4.79 Å². The van der Waals surface area contributed by atoms with Gasteiger partial charge in [-0.25, -0.2) is 4.79 Å². The first kappa shape index (κ1) is 21.1. The number of amides is 4. The van der Waals surface area contributed by atoms with E-state index in [0.29, 0.717) is 17.9 Å². The summed E-state index contributed by atoms with van der Waals surface area (Å²) >= 11 is 0. The van der Waals surface area contributed by atoms with Crippen LogP contribution in [-0.4, -0.2) is 53.1 Å². The normalized spacial score (nSPS) is 30.1. The SMILES string of the molecule is CC1(C)C[C@H]2C[C@@](C)(CN2C(=O)CC[C@@H]2NC(=O)N(Cc3ccc4c(c3)OCO4)C2=O)C1. The van der Waals surface area contributed by atoms with Crippen LogP contribution in [0.2, 0.25) is 0 Å². The predicted molar refractivity (Wildman–Crippen MR) is 116 cm³/mol. The fourth-order valence-corrected chi connectivity index (χ4v) is 6.31. The van der Waals surface area contributed by atoms with Gasteiger partial charge in [0.05, 0.1) is 6.54 Å². The third-order valence-corrected chi connectivity index (χ3v) is 7.27. The summed E-state index contributed by atoms with van der Waals surface area (Å²) in [7, 11) is 0. The van der Waals surface area contributed by atoms with Crippen molar-refractivity contribution >= 4 is 17.8 Å². The topological polar surface area (TPSA) is 88.2 Å². The van der Waals surface area contributed by atoms with E-state index in [0.717, 1.165) is 31.4 Å². The lowest BCUT2D eigenvalue weighted by molar-refractivity contribution is -0.133. The molecule has 1 aliphatic carbocycles. The number of benzene rings is 1. The molecule has 0 radical (unpaired) electrons. The third-order valence-electron chi connectivity index (χ3n) is 7.27. The molecule has 1 aromatic carbocycles. The molecule has 1 N–H and O–H groups in total. The second-order valence-corrected chi connectivity index (χ2v) is 10.9. The molecule has 0 aromatic heterocycles. The number of fused-ring (bicyclic) bond motifs is 3. The van der Waals surface area contributed by atoms with Crippen molar-refractivity contribution in [1.82, 2.24) is 15.1 Å². The number of ether oxygens (including phenoxy) is 2. The van der Waals surface area contributed by atoms with E-state index in [1.807, 2.05) is 11.0 Å². The Hall–Kier alpha value is -2.77. The average Bonchev–Trinajstić information content (AvgIpc) is 3.35. The summed E-state index contributed by atoms with van der Waals surface area (Å²) in [5, 5.41) is 2.75. The van der Waals surface area contributed by atoms with Gasteiger partial charge < -0.3 is 19.7 Å². The third kappa shape index (κ3) is 3.80. The molecule has 3 aliphatic heterocycles. The number of hydrogen-bond donors (Lipinski definition) is 1. The highest BCUT2D eigenvalue weighted by molar-refractivity contribution is 6.04. The van der Waals surface area contributed by atoms with Gasteiger partial charge in [0.15, 0.2) is 11.5 Å². The van der Waals surface area contributed by atoms with Crippen LogP contribution >= 0.6 is 0 Å². The summed E-state index contributed by atoms with van der Waals surface area (Å²) in [5.74, 6) is 1.08. The maximum Gasteiger partial charge on any atom is 0.325 e. The molecule has 3 heterocycles. The standard InChI is InChI=1S/C24H31N3O5/c1-23(2)9-16-10-24(3,12-23)13-27(16)20(28)7-5-17-21(29)26(22(30)25-17)11-15-4-6-18-19(8-15)32-14-31-18/h4,6,8,16-17H,5,7,9-14H2,1-3H3,(H,25,30)/t16-,17-,24+/m0/s1. The van der Waals surface area contributed by atoms with Gasteiger partial charge in [-0.15, -0.1) is 0 Å². The van der Waals surface area contributed by atoms with Gasteiger partial charge in [-0.05, 0) is 54.2 Å². The first-order valence-corrected chi connectivity index (χ1v) is 11.4. The number of carbonyl (C=O) groups excluding carboxylic acids is 3. The van der Waals surface area contributed by atoms with Gasteiger partial charge in [-0.1, -0.05) is 26.8 Å². The Kier molecular flexibility index (Phi) is 4.87. The van der Waals surface area contributed by atoms with Gasteiger partial charge in [-0.2, -0.15) is 0 Å². The summed E-state index contributed by atoms with van der Waals surface area (Å²) in [6.07, 6.45) is 3.81. The Morgan fingerprint density at radius 2 is 1.94 bits per heavy atom. The highest BCUT2D eigenvalue weighted by Gasteiger charge is 2.51. The maximum absolute atomic E-state index is 13.0.